The lowest BCUT2D eigenvalue weighted by molar-refractivity contribution is 0.414. The Morgan fingerprint density at radius 1 is 1.18 bits per heavy atom. The maximum Gasteiger partial charge on any atom is 0.226 e. The van der Waals surface area contributed by atoms with Gasteiger partial charge in [0.05, 0.1) is 19.3 Å². The minimum atomic E-state index is 0.538. The van der Waals surface area contributed by atoms with E-state index in [4.69, 9.17) is 20.8 Å². The van der Waals surface area contributed by atoms with Gasteiger partial charge in [-0.25, -0.2) is 9.67 Å². The van der Waals surface area contributed by atoms with E-state index in [0.29, 0.717) is 28.4 Å². The smallest absolute Gasteiger partial charge is 0.226 e. The van der Waals surface area contributed by atoms with E-state index in [2.05, 4.69) is 20.5 Å². The lowest BCUT2D eigenvalue weighted by atomic mass is 10.2. The van der Waals surface area contributed by atoms with Crippen molar-refractivity contribution in [3.05, 3.63) is 71.1 Å². The number of aromatic nitrogens is 5. The van der Waals surface area contributed by atoms with Crippen LogP contribution >= 0.6 is 23.4 Å². The van der Waals surface area contributed by atoms with Gasteiger partial charge >= 0.3 is 0 Å². The number of hydrogen-bond donors (Lipinski definition) is 0. The molecule has 2 aromatic carbocycles. The van der Waals surface area contributed by atoms with Crippen LogP contribution < -0.4 is 4.74 Å². The Balaban J connectivity index is 1.41. The Kier molecular flexibility index (Phi) is 5.59. The van der Waals surface area contributed by atoms with E-state index in [1.54, 1.807) is 18.1 Å². The number of oxazole rings is 1. The second kappa shape index (κ2) is 8.45. The van der Waals surface area contributed by atoms with Gasteiger partial charge in [0.25, 0.3) is 0 Å². The first-order valence-corrected chi connectivity index (χ1v) is 9.80. The van der Waals surface area contributed by atoms with E-state index in [9.17, 15) is 0 Å². The molecular weight excluding hydrogens is 398 g/mol. The van der Waals surface area contributed by atoms with Crippen molar-refractivity contribution in [2.24, 2.45) is 0 Å². The molecule has 0 radical (unpaired) electrons. The summed E-state index contributed by atoms with van der Waals surface area (Å²) in [6, 6.07) is 15.2. The zero-order chi connectivity index (χ0) is 19.3. The summed E-state index contributed by atoms with van der Waals surface area (Å²) in [7, 11) is 1.65. The molecule has 0 spiro atoms. The third kappa shape index (κ3) is 4.35. The maximum atomic E-state index is 6.03. The summed E-state index contributed by atoms with van der Waals surface area (Å²) in [5, 5.41) is 13.3. The standard InChI is InChI=1S/C19H16ClN5O2S/c1-26-17-7-5-13(6-8-17)10-25-19(22-23-24-25)28-12-16-11-27-18(21-16)14-3-2-4-15(20)9-14/h2-9,11H,10,12H2,1H3. The molecule has 0 unspecified atom stereocenters. The van der Waals surface area contributed by atoms with Gasteiger partial charge in [-0.05, 0) is 46.3 Å². The van der Waals surface area contributed by atoms with Crippen LogP contribution in [0.25, 0.3) is 11.5 Å². The Labute approximate surface area is 170 Å². The Hall–Kier alpha value is -2.84. The van der Waals surface area contributed by atoms with Crippen LogP contribution in [0.5, 0.6) is 5.75 Å². The monoisotopic (exact) mass is 413 g/mol. The highest BCUT2D eigenvalue weighted by molar-refractivity contribution is 7.98. The van der Waals surface area contributed by atoms with Gasteiger partial charge in [-0.1, -0.05) is 41.6 Å². The van der Waals surface area contributed by atoms with Gasteiger partial charge < -0.3 is 9.15 Å². The molecule has 0 aliphatic rings. The maximum absolute atomic E-state index is 6.03. The molecule has 0 amide bonds. The highest BCUT2D eigenvalue weighted by Gasteiger charge is 2.11. The van der Waals surface area contributed by atoms with E-state index in [-0.39, 0.29) is 0 Å². The second-order valence-corrected chi connectivity index (χ2v) is 7.29. The molecule has 0 saturated heterocycles. The molecule has 0 bridgehead atoms. The molecule has 0 aliphatic carbocycles. The lowest BCUT2D eigenvalue weighted by Crippen LogP contribution is -2.04. The van der Waals surface area contributed by atoms with Crippen LogP contribution in [0.15, 0.2) is 64.4 Å². The number of methoxy groups -OCH3 is 1. The van der Waals surface area contributed by atoms with E-state index in [1.807, 2.05) is 48.5 Å². The van der Waals surface area contributed by atoms with Crippen molar-refractivity contribution in [1.82, 2.24) is 25.2 Å². The summed E-state index contributed by atoms with van der Waals surface area (Å²) < 4.78 is 12.5. The molecule has 9 heteroatoms. The first-order valence-electron chi connectivity index (χ1n) is 8.43. The van der Waals surface area contributed by atoms with Crippen LogP contribution in [0, 0.1) is 0 Å². The van der Waals surface area contributed by atoms with E-state index in [1.165, 1.54) is 11.8 Å². The molecule has 0 fully saturated rings. The number of hydrogen-bond acceptors (Lipinski definition) is 7. The summed E-state index contributed by atoms with van der Waals surface area (Å²) in [5.41, 5.74) is 2.73. The minimum absolute atomic E-state index is 0.538. The molecule has 4 rings (SSSR count). The van der Waals surface area contributed by atoms with Crippen molar-refractivity contribution in [3.8, 4) is 17.2 Å². The summed E-state index contributed by atoms with van der Waals surface area (Å²) in [6.07, 6.45) is 1.64. The molecule has 2 heterocycles. The number of benzene rings is 2. The van der Waals surface area contributed by atoms with Crippen LogP contribution in [-0.2, 0) is 12.3 Å². The quantitative estimate of drug-likeness (QED) is 0.417. The largest absolute Gasteiger partial charge is 0.497 e. The average molecular weight is 414 g/mol. The van der Waals surface area contributed by atoms with Crippen LogP contribution in [0.2, 0.25) is 5.02 Å². The van der Waals surface area contributed by atoms with E-state index >= 15 is 0 Å². The van der Waals surface area contributed by atoms with Crippen molar-refractivity contribution in [1.29, 1.82) is 0 Å². The zero-order valence-corrected chi connectivity index (χ0v) is 16.5. The molecule has 0 atom stereocenters. The number of halogens is 1. The summed E-state index contributed by atoms with van der Waals surface area (Å²) in [5.74, 6) is 1.94. The fourth-order valence-corrected chi connectivity index (χ4v) is 3.51. The van der Waals surface area contributed by atoms with Gasteiger partial charge in [0.1, 0.15) is 12.0 Å². The van der Waals surface area contributed by atoms with Crippen LogP contribution in [0.1, 0.15) is 11.3 Å². The lowest BCUT2D eigenvalue weighted by Gasteiger charge is -2.05. The number of nitrogens with zero attached hydrogens (tertiary/aromatic N) is 5. The fraction of sp³-hybridized carbons (Fsp3) is 0.158. The zero-order valence-electron chi connectivity index (χ0n) is 14.9. The topological polar surface area (TPSA) is 78.9 Å². The fourth-order valence-electron chi connectivity index (χ4n) is 2.57. The first-order chi connectivity index (χ1) is 13.7. The molecular formula is C19H16ClN5O2S. The van der Waals surface area contributed by atoms with Crippen LogP contribution in [0.3, 0.4) is 0 Å². The van der Waals surface area contributed by atoms with Crippen LogP contribution in [0.4, 0.5) is 0 Å². The van der Waals surface area contributed by atoms with Crippen LogP contribution in [-0.4, -0.2) is 32.3 Å². The predicted octanol–water partition coefficient (Wildman–Crippen LogP) is 4.33. The predicted molar refractivity (Wildman–Crippen MR) is 106 cm³/mol. The SMILES string of the molecule is COc1ccc(Cn2nnnc2SCc2coc(-c3cccc(Cl)c3)n2)cc1. The minimum Gasteiger partial charge on any atom is -0.497 e. The van der Waals surface area contributed by atoms with Gasteiger partial charge in [0, 0.05) is 16.3 Å². The third-order valence-corrected chi connectivity index (χ3v) is 5.19. The third-order valence-electron chi connectivity index (χ3n) is 3.96. The second-order valence-electron chi connectivity index (χ2n) is 5.91. The van der Waals surface area contributed by atoms with Gasteiger partial charge in [0.15, 0.2) is 0 Å². The molecule has 28 heavy (non-hydrogen) atoms. The normalized spacial score (nSPS) is 10.9. The molecule has 0 saturated carbocycles. The molecule has 7 nitrogen and oxygen atoms in total. The molecule has 0 N–H and O–H groups in total. The highest BCUT2D eigenvalue weighted by Crippen LogP contribution is 2.25. The van der Waals surface area contributed by atoms with Crippen molar-refractivity contribution in [3.63, 3.8) is 0 Å². The molecule has 4 aromatic rings. The Bertz CT molecular complexity index is 1060. The Morgan fingerprint density at radius 2 is 2.04 bits per heavy atom. The number of rotatable bonds is 7. The van der Waals surface area contributed by atoms with Crippen molar-refractivity contribution in [2.75, 3.05) is 7.11 Å². The van der Waals surface area contributed by atoms with Crippen molar-refractivity contribution < 1.29 is 9.15 Å². The number of tetrazole rings is 1. The summed E-state index contributed by atoms with van der Waals surface area (Å²) in [4.78, 5) is 4.52. The first kappa shape index (κ1) is 18.5. The molecule has 142 valence electrons. The summed E-state index contributed by atoms with van der Waals surface area (Å²) >= 11 is 7.52. The number of thioether (sulfide) groups is 1. The van der Waals surface area contributed by atoms with Crippen molar-refractivity contribution in [2.45, 2.75) is 17.5 Å². The van der Waals surface area contributed by atoms with Gasteiger partial charge in [-0.15, -0.1) is 5.10 Å². The van der Waals surface area contributed by atoms with E-state index in [0.717, 1.165) is 22.6 Å². The van der Waals surface area contributed by atoms with Crippen molar-refractivity contribution >= 4 is 23.4 Å². The van der Waals surface area contributed by atoms with Gasteiger partial charge in [0.2, 0.25) is 11.0 Å². The van der Waals surface area contributed by atoms with Gasteiger partial charge in [-0.2, -0.15) is 0 Å². The summed E-state index contributed by atoms with van der Waals surface area (Å²) in [6.45, 7) is 0.575. The van der Waals surface area contributed by atoms with Gasteiger partial charge in [-0.3, -0.25) is 0 Å². The van der Waals surface area contributed by atoms with E-state index < -0.39 is 0 Å². The average Bonchev–Trinajstić information content (AvgIpc) is 3.36. The highest BCUT2D eigenvalue weighted by atomic mass is 35.5. The molecule has 0 aliphatic heterocycles. The number of ether oxygens (including phenoxy) is 1. The Morgan fingerprint density at radius 3 is 2.82 bits per heavy atom. The molecule has 2 aromatic heterocycles.